The molecule has 1 fully saturated rings. The molecule has 2 aromatic rings. The number of rotatable bonds is 5. The molecule has 0 spiro atoms. The molecule has 1 atom stereocenters. The Kier molecular flexibility index (Phi) is 5.63. The van der Waals surface area contributed by atoms with Gasteiger partial charge in [-0.05, 0) is 99.2 Å². The summed E-state index contributed by atoms with van der Waals surface area (Å²) in [5.41, 5.74) is 6.29. The zero-order valence-corrected chi connectivity index (χ0v) is 18.7. The molecule has 0 N–H and O–H groups in total. The summed E-state index contributed by atoms with van der Waals surface area (Å²) in [7, 11) is 1.43. The van der Waals surface area contributed by atoms with Crippen LogP contribution in [-0.2, 0) is 20.7 Å². The normalized spacial score (nSPS) is 17.1. The lowest BCUT2D eigenvalue weighted by Gasteiger charge is -2.30. The second-order valence-corrected chi connectivity index (χ2v) is 9.44. The van der Waals surface area contributed by atoms with E-state index < -0.39 is 11.7 Å². The van der Waals surface area contributed by atoms with Crippen LogP contribution < -0.4 is 4.74 Å². The van der Waals surface area contributed by atoms with Gasteiger partial charge in [0.15, 0.2) is 6.10 Å². The molecule has 1 heterocycles. The molecule has 0 radical (unpaired) electrons. The molecule has 1 saturated carbocycles. The topological polar surface area (TPSA) is 44.8 Å². The molecular formula is C26H32O4. The van der Waals surface area contributed by atoms with Crippen LogP contribution >= 0.6 is 0 Å². The van der Waals surface area contributed by atoms with Gasteiger partial charge in [-0.25, -0.2) is 4.79 Å². The minimum absolute atomic E-state index is 0.358. The maximum Gasteiger partial charge on any atom is 0.339 e. The van der Waals surface area contributed by atoms with Crippen LogP contribution in [0.2, 0.25) is 0 Å². The van der Waals surface area contributed by atoms with E-state index >= 15 is 0 Å². The van der Waals surface area contributed by atoms with Crippen molar-refractivity contribution in [2.75, 3.05) is 13.7 Å². The van der Waals surface area contributed by atoms with Crippen molar-refractivity contribution in [2.45, 2.75) is 71.0 Å². The van der Waals surface area contributed by atoms with Gasteiger partial charge in [0.1, 0.15) is 5.75 Å². The Labute approximate surface area is 179 Å². The van der Waals surface area contributed by atoms with Gasteiger partial charge in [-0.1, -0.05) is 18.2 Å². The molecule has 0 amide bonds. The Morgan fingerprint density at radius 3 is 2.60 bits per heavy atom. The Bertz CT molecular complexity index is 950. The Morgan fingerprint density at radius 2 is 1.93 bits per heavy atom. The first-order chi connectivity index (χ1) is 14.3. The van der Waals surface area contributed by atoms with Gasteiger partial charge in [0, 0.05) is 5.56 Å². The summed E-state index contributed by atoms with van der Waals surface area (Å²) in [6, 6.07) is 10.8. The molecule has 30 heavy (non-hydrogen) atoms. The molecule has 0 saturated heterocycles. The molecule has 4 heteroatoms. The highest BCUT2D eigenvalue weighted by Crippen LogP contribution is 2.48. The molecule has 0 bridgehead atoms. The van der Waals surface area contributed by atoms with E-state index in [1.165, 1.54) is 31.1 Å². The van der Waals surface area contributed by atoms with Crippen molar-refractivity contribution in [2.24, 2.45) is 0 Å². The Morgan fingerprint density at radius 1 is 1.17 bits per heavy atom. The van der Waals surface area contributed by atoms with Crippen molar-refractivity contribution in [3.63, 3.8) is 0 Å². The predicted molar refractivity (Wildman–Crippen MR) is 118 cm³/mol. The highest BCUT2D eigenvalue weighted by molar-refractivity contribution is 5.84. The quantitative estimate of drug-likeness (QED) is 0.578. The van der Waals surface area contributed by atoms with Gasteiger partial charge >= 0.3 is 5.97 Å². The molecule has 0 unspecified atom stereocenters. The molecule has 160 valence electrons. The fourth-order valence-corrected chi connectivity index (χ4v) is 4.34. The third kappa shape index (κ3) is 4.24. The van der Waals surface area contributed by atoms with Crippen LogP contribution in [0, 0.1) is 6.92 Å². The van der Waals surface area contributed by atoms with Gasteiger partial charge in [0.25, 0.3) is 0 Å². The fraction of sp³-hybridized carbons (Fsp3) is 0.500. The summed E-state index contributed by atoms with van der Waals surface area (Å²) in [6.07, 6.45) is 3.65. The highest BCUT2D eigenvalue weighted by Gasteiger charge is 2.35. The lowest BCUT2D eigenvalue weighted by atomic mass is 9.85. The van der Waals surface area contributed by atoms with Crippen LogP contribution in [0.15, 0.2) is 30.3 Å². The van der Waals surface area contributed by atoms with Crippen molar-refractivity contribution in [1.29, 1.82) is 0 Å². The number of esters is 1. The number of methoxy groups -OCH3 is 1. The Hall–Kier alpha value is -2.33. The van der Waals surface area contributed by atoms with E-state index in [1.807, 2.05) is 20.8 Å². The molecule has 1 aliphatic heterocycles. The molecule has 2 aliphatic rings. The zero-order chi connectivity index (χ0) is 21.5. The summed E-state index contributed by atoms with van der Waals surface area (Å²) in [5.74, 6) is 1.16. The summed E-state index contributed by atoms with van der Waals surface area (Å²) in [4.78, 5) is 12.9. The smallest absolute Gasteiger partial charge is 0.339 e. The number of carbonyl (C=O) groups excluding carboxylic acids is 1. The van der Waals surface area contributed by atoms with Gasteiger partial charge in [0.2, 0.25) is 0 Å². The first-order valence-corrected chi connectivity index (χ1v) is 10.9. The number of ether oxygens (including phenoxy) is 3. The number of hydrogen-bond acceptors (Lipinski definition) is 4. The predicted octanol–water partition coefficient (Wildman–Crippen LogP) is 5.89. The van der Waals surface area contributed by atoms with Gasteiger partial charge in [-0.2, -0.15) is 0 Å². The molecular weight excluding hydrogens is 376 g/mol. The van der Waals surface area contributed by atoms with Crippen molar-refractivity contribution in [1.82, 2.24) is 0 Å². The minimum atomic E-state index is -0.768. The average molecular weight is 409 g/mol. The van der Waals surface area contributed by atoms with Crippen molar-refractivity contribution in [3.8, 4) is 16.9 Å². The van der Waals surface area contributed by atoms with E-state index in [0.717, 1.165) is 47.5 Å². The second kappa shape index (κ2) is 8.07. The number of fused-ring (bicyclic) bond motifs is 1. The summed E-state index contributed by atoms with van der Waals surface area (Å²) < 4.78 is 17.3. The number of benzene rings is 2. The number of aryl methyl sites for hydroxylation is 2. The average Bonchev–Trinajstić information content (AvgIpc) is 3.55. The molecule has 2 aromatic carbocycles. The molecule has 4 nitrogen and oxygen atoms in total. The van der Waals surface area contributed by atoms with Crippen LogP contribution in [0.3, 0.4) is 0 Å². The fourth-order valence-electron chi connectivity index (χ4n) is 4.34. The standard InChI is InChI=1S/C26H32O4/c1-16-8-12-20(17-9-10-17)23(19-11-13-21-18(15-19)7-6-14-29-21)22(16)24(25(27)28-5)30-26(2,3)4/h8,11-13,15,17,24H,6-7,9-10,14H2,1-5H3/t24-/m0/s1. The maximum absolute atomic E-state index is 12.9. The van der Waals surface area contributed by atoms with Crippen LogP contribution in [-0.4, -0.2) is 25.3 Å². The molecule has 1 aliphatic carbocycles. The Balaban J connectivity index is 1.92. The van der Waals surface area contributed by atoms with E-state index in [4.69, 9.17) is 14.2 Å². The molecule has 4 rings (SSSR count). The van der Waals surface area contributed by atoms with E-state index in [-0.39, 0.29) is 5.97 Å². The number of hydrogen-bond donors (Lipinski definition) is 0. The summed E-state index contributed by atoms with van der Waals surface area (Å²) in [5, 5.41) is 0. The first-order valence-electron chi connectivity index (χ1n) is 10.9. The van der Waals surface area contributed by atoms with Gasteiger partial charge < -0.3 is 14.2 Å². The third-order valence-electron chi connectivity index (χ3n) is 5.86. The maximum atomic E-state index is 12.9. The zero-order valence-electron chi connectivity index (χ0n) is 18.7. The van der Waals surface area contributed by atoms with Crippen LogP contribution in [0.5, 0.6) is 5.75 Å². The second-order valence-electron chi connectivity index (χ2n) is 9.44. The van der Waals surface area contributed by atoms with Crippen molar-refractivity contribution < 1.29 is 19.0 Å². The largest absolute Gasteiger partial charge is 0.493 e. The first kappa shape index (κ1) is 20.9. The van der Waals surface area contributed by atoms with Crippen LogP contribution in [0.4, 0.5) is 0 Å². The number of carbonyl (C=O) groups is 1. The van der Waals surface area contributed by atoms with Crippen molar-refractivity contribution in [3.05, 3.63) is 52.6 Å². The van der Waals surface area contributed by atoms with Crippen LogP contribution in [0.25, 0.3) is 11.1 Å². The summed E-state index contributed by atoms with van der Waals surface area (Å²) >= 11 is 0. The SMILES string of the molecule is COC(=O)[C@@H](OC(C)(C)C)c1c(C)ccc(C2CC2)c1-c1ccc2c(c1)CCCO2. The minimum Gasteiger partial charge on any atom is -0.493 e. The van der Waals surface area contributed by atoms with Gasteiger partial charge in [0.05, 0.1) is 19.3 Å². The van der Waals surface area contributed by atoms with Gasteiger partial charge in [-0.15, -0.1) is 0 Å². The monoisotopic (exact) mass is 408 g/mol. The van der Waals surface area contributed by atoms with E-state index in [1.54, 1.807) is 0 Å². The van der Waals surface area contributed by atoms with Gasteiger partial charge in [-0.3, -0.25) is 0 Å². The van der Waals surface area contributed by atoms with Crippen molar-refractivity contribution >= 4 is 5.97 Å². The lowest BCUT2D eigenvalue weighted by Crippen LogP contribution is -2.29. The van der Waals surface area contributed by atoms with E-state index in [2.05, 4.69) is 37.3 Å². The van der Waals surface area contributed by atoms with Crippen LogP contribution in [0.1, 0.15) is 74.3 Å². The molecule has 0 aromatic heterocycles. The highest BCUT2D eigenvalue weighted by atomic mass is 16.6. The third-order valence-corrected chi connectivity index (χ3v) is 5.86. The summed E-state index contributed by atoms with van der Waals surface area (Å²) in [6.45, 7) is 8.75. The van der Waals surface area contributed by atoms with E-state index in [0.29, 0.717) is 5.92 Å². The lowest BCUT2D eigenvalue weighted by molar-refractivity contribution is -0.164. The van der Waals surface area contributed by atoms with E-state index in [9.17, 15) is 4.79 Å².